The maximum Gasteiger partial charge on any atom is 0.213 e. The molecule has 1 aliphatic rings. The lowest BCUT2D eigenvalue weighted by molar-refractivity contribution is 0.111. The summed E-state index contributed by atoms with van der Waals surface area (Å²) in [6.07, 6.45) is 3.89. The maximum absolute atomic E-state index is 9.58. The van der Waals surface area contributed by atoms with E-state index < -0.39 is 0 Å². The first-order valence-corrected chi connectivity index (χ1v) is 6.19. The van der Waals surface area contributed by atoms with Crippen LogP contribution in [0, 0.1) is 0 Å². The summed E-state index contributed by atoms with van der Waals surface area (Å²) in [4.78, 5) is 4.35. The summed E-state index contributed by atoms with van der Waals surface area (Å²) in [6.45, 7) is 0.731. The largest absolute Gasteiger partial charge is 0.481 e. The zero-order chi connectivity index (χ0) is 12.1. The van der Waals surface area contributed by atoms with Gasteiger partial charge in [0, 0.05) is 18.7 Å². The van der Waals surface area contributed by atoms with Gasteiger partial charge >= 0.3 is 0 Å². The van der Waals surface area contributed by atoms with Crippen LogP contribution in [0.2, 0.25) is 0 Å². The van der Waals surface area contributed by atoms with E-state index in [2.05, 4.69) is 10.3 Å². The van der Waals surface area contributed by atoms with E-state index in [4.69, 9.17) is 4.74 Å². The van der Waals surface area contributed by atoms with Gasteiger partial charge in [-0.2, -0.15) is 0 Å². The van der Waals surface area contributed by atoms with Crippen LogP contribution in [0.5, 0.6) is 5.88 Å². The molecule has 0 spiro atoms. The molecule has 1 fully saturated rings. The summed E-state index contributed by atoms with van der Waals surface area (Å²) in [5.74, 6) is 0.646. The van der Waals surface area contributed by atoms with Gasteiger partial charge in [-0.25, -0.2) is 4.98 Å². The lowest BCUT2D eigenvalue weighted by atomic mass is 9.93. The molecule has 1 aromatic heterocycles. The standard InChI is InChI=1S/C13H20N2O2/c1-17-13-7-3-5-11(15-13)9-14-10-4-2-6-12(16)8-10/h3,5,7,10,12,14,16H,2,4,6,8-9H2,1H3. The van der Waals surface area contributed by atoms with Crippen molar-refractivity contribution < 1.29 is 9.84 Å². The van der Waals surface area contributed by atoms with Crippen molar-refractivity contribution in [1.29, 1.82) is 0 Å². The lowest BCUT2D eigenvalue weighted by Crippen LogP contribution is -2.35. The molecular formula is C13H20N2O2. The third-order valence-electron chi connectivity index (χ3n) is 3.21. The SMILES string of the molecule is COc1cccc(CNC2CCCC(O)C2)n1. The number of methoxy groups -OCH3 is 1. The van der Waals surface area contributed by atoms with Crippen LogP contribution >= 0.6 is 0 Å². The fourth-order valence-electron chi connectivity index (χ4n) is 2.27. The number of nitrogens with one attached hydrogen (secondary N) is 1. The zero-order valence-electron chi connectivity index (χ0n) is 10.2. The number of ether oxygens (including phenoxy) is 1. The molecule has 1 saturated carbocycles. The molecule has 0 saturated heterocycles. The molecule has 2 rings (SSSR count). The molecule has 1 aliphatic carbocycles. The van der Waals surface area contributed by atoms with Gasteiger partial charge in [0.2, 0.25) is 5.88 Å². The third-order valence-corrected chi connectivity index (χ3v) is 3.21. The van der Waals surface area contributed by atoms with Gasteiger partial charge in [0.1, 0.15) is 0 Å². The first kappa shape index (κ1) is 12.3. The van der Waals surface area contributed by atoms with Gasteiger partial charge in [-0.05, 0) is 31.7 Å². The number of pyridine rings is 1. The van der Waals surface area contributed by atoms with Gasteiger partial charge in [0.15, 0.2) is 0 Å². The van der Waals surface area contributed by atoms with E-state index in [-0.39, 0.29) is 6.10 Å². The van der Waals surface area contributed by atoms with Crippen molar-refractivity contribution in [3.63, 3.8) is 0 Å². The quantitative estimate of drug-likeness (QED) is 0.831. The van der Waals surface area contributed by atoms with Gasteiger partial charge in [-0.15, -0.1) is 0 Å². The molecule has 1 heterocycles. The van der Waals surface area contributed by atoms with Crippen LogP contribution in [0.4, 0.5) is 0 Å². The fourth-order valence-corrected chi connectivity index (χ4v) is 2.27. The van der Waals surface area contributed by atoms with Crippen molar-refractivity contribution in [2.75, 3.05) is 7.11 Å². The molecule has 0 bridgehead atoms. The van der Waals surface area contributed by atoms with Gasteiger partial charge in [-0.3, -0.25) is 0 Å². The predicted octanol–water partition coefficient (Wildman–Crippen LogP) is 1.48. The van der Waals surface area contributed by atoms with Crippen molar-refractivity contribution >= 4 is 0 Å². The minimum Gasteiger partial charge on any atom is -0.481 e. The Morgan fingerprint density at radius 3 is 3.12 bits per heavy atom. The Kier molecular flexibility index (Phi) is 4.34. The van der Waals surface area contributed by atoms with E-state index in [0.717, 1.165) is 37.9 Å². The Morgan fingerprint density at radius 2 is 2.35 bits per heavy atom. The second-order valence-electron chi connectivity index (χ2n) is 4.57. The van der Waals surface area contributed by atoms with Crippen LogP contribution in [-0.2, 0) is 6.54 Å². The second-order valence-corrected chi connectivity index (χ2v) is 4.57. The molecule has 4 heteroatoms. The van der Waals surface area contributed by atoms with Crippen molar-refractivity contribution in [3.05, 3.63) is 23.9 Å². The first-order chi connectivity index (χ1) is 8.28. The minimum atomic E-state index is -0.139. The van der Waals surface area contributed by atoms with E-state index >= 15 is 0 Å². The molecule has 94 valence electrons. The molecule has 0 aliphatic heterocycles. The second kappa shape index (κ2) is 5.98. The molecule has 2 N–H and O–H groups in total. The normalized spacial score (nSPS) is 24.6. The Labute approximate surface area is 102 Å². The van der Waals surface area contributed by atoms with E-state index in [1.54, 1.807) is 7.11 Å². The van der Waals surface area contributed by atoms with E-state index in [9.17, 15) is 5.11 Å². The van der Waals surface area contributed by atoms with Crippen molar-refractivity contribution in [1.82, 2.24) is 10.3 Å². The van der Waals surface area contributed by atoms with E-state index in [1.807, 2.05) is 18.2 Å². The van der Waals surface area contributed by atoms with Gasteiger partial charge < -0.3 is 15.2 Å². The first-order valence-electron chi connectivity index (χ1n) is 6.19. The molecule has 0 amide bonds. The van der Waals surface area contributed by atoms with Crippen molar-refractivity contribution in [2.24, 2.45) is 0 Å². The summed E-state index contributed by atoms with van der Waals surface area (Å²) in [6, 6.07) is 6.17. The Balaban J connectivity index is 1.84. The Bertz CT molecular complexity index is 357. The molecule has 0 aromatic carbocycles. The highest BCUT2D eigenvalue weighted by Crippen LogP contribution is 2.18. The highest BCUT2D eigenvalue weighted by atomic mass is 16.5. The predicted molar refractivity (Wildman–Crippen MR) is 65.9 cm³/mol. The molecule has 2 atom stereocenters. The molecule has 0 radical (unpaired) electrons. The zero-order valence-corrected chi connectivity index (χ0v) is 10.2. The van der Waals surface area contributed by atoms with Gasteiger partial charge in [-0.1, -0.05) is 6.07 Å². The van der Waals surface area contributed by atoms with Crippen LogP contribution in [0.1, 0.15) is 31.4 Å². The average molecular weight is 236 g/mol. The van der Waals surface area contributed by atoms with Gasteiger partial charge in [0.25, 0.3) is 0 Å². The van der Waals surface area contributed by atoms with Gasteiger partial charge in [0.05, 0.1) is 18.9 Å². The number of aliphatic hydroxyl groups is 1. The van der Waals surface area contributed by atoms with Crippen LogP contribution in [0.25, 0.3) is 0 Å². The highest BCUT2D eigenvalue weighted by Gasteiger charge is 2.19. The molecular weight excluding hydrogens is 216 g/mol. The highest BCUT2D eigenvalue weighted by molar-refractivity contribution is 5.15. The van der Waals surface area contributed by atoms with Crippen molar-refractivity contribution in [3.8, 4) is 5.88 Å². The number of hydrogen-bond donors (Lipinski definition) is 2. The lowest BCUT2D eigenvalue weighted by Gasteiger charge is -2.26. The molecule has 17 heavy (non-hydrogen) atoms. The van der Waals surface area contributed by atoms with Crippen LogP contribution in [-0.4, -0.2) is 29.3 Å². The fraction of sp³-hybridized carbons (Fsp3) is 0.615. The summed E-state index contributed by atoms with van der Waals surface area (Å²) in [5, 5.41) is 13.0. The van der Waals surface area contributed by atoms with Crippen LogP contribution < -0.4 is 10.1 Å². The number of rotatable bonds is 4. The molecule has 2 unspecified atom stereocenters. The number of nitrogens with zero attached hydrogens (tertiary/aromatic N) is 1. The average Bonchev–Trinajstić information content (AvgIpc) is 2.37. The maximum atomic E-state index is 9.58. The summed E-state index contributed by atoms with van der Waals surface area (Å²) in [7, 11) is 1.62. The summed E-state index contributed by atoms with van der Waals surface area (Å²) < 4.78 is 5.08. The minimum absolute atomic E-state index is 0.139. The number of hydrogen-bond acceptors (Lipinski definition) is 4. The number of aromatic nitrogens is 1. The number of aliphatic hydroxyl groups excluding tert-OH is 1. The third kappa shape index (κ3) is 3.68. The molecule has 1 aromatic rings. The van der Waals surface area contributed by atoms with Crippen LogP contribution in [0.3, 0.4) is 0 Å². The topological polar surface area (TPSA) is 54.4 Å². The summed E-state index contributed by atoms with van der Waals surface area (Å²) in [5.41, 5.74) is 0.976. The van der Waals surface area contributed by atoms with E-state index in [0.29, 0.717) is 11.9 Å². The van der Waals surface area contributed by atoms with Crippen LogP contribution in [0.15, 0.2) is 18.2 Å². The molecule has 4 nitrogen and oxygen atoms in total. The van der Waals surface area contributed by atoms with E-state index in [1.165, 1.54) is 0 Å². The summed E-state index contributed by atoms with van der Waals surface area (Å²) >= 11 is 0. The Morgan fingerprint density at radius 1 is 1.47 bits per heavy atom. The van der Waals surface area contributed by atoms with Crippen molar-refractivity contribution in [2.45, 2.75) is 44.4 Å². The Hall–Kier alpha value is -1.13. The monoisotopic (exact) mass is 236 g/mol. The smallest absolute Gasteiger partial charge is 0.213 e.